The van der Waals surface area contributed by atoms with Gasteiger partial charge in [-0.3, -0.25) is 9.78 Å². The standard InChI is InChI=1S/C16H14BrNO/c1-10-6-7-18-14-8-11(9-15(19)16(10)14)12-4-2-3-5-13(12)17/h2-7,11H,8-9H2,1H3/t11-/m0/s1. The lowest BCUT2D eigenvalue weighted by Gasteiger charge is -2.25. The first-order chi connectivity index (χ1) is 9.16. The molecule has 0 bridgehead atoms. The lowest BCUT2D eigenvalue weighted by molar-refractivity contribution is 0.0962. The summed E-state index contributed by atoms with van der Waals surface area (Å²) in [4.78, 5) is 16.7. The fourth-order valence-corrected chi connectivity index (χ4v) is 3.42. The molecule has 0 spiro atoms. The molecule has 1 heterocycles. The van der Waals surface area contributed by atoms with Crippen molar-refractivity contribution in [2.75, 3.05) is 0 Å². The molecule has 3 rings (SSSR count). The van der Waals surface area contributed by atoms with Gasteiger partial charge in [0.1, 0.15) is 0 Å². The third kappa shape index (κ3) is 2.23. The predicted molar refractivity (Wildman–Crippen MR) is 78.5 cm³/mol. The molecule has 1 aliphatic carbocycles. The number of pyridine rings is 1. The molecule has 0 saturated carbocycles. The van der Waals surface area contributed by atoms with Crippen LogP contribution >= 0.6 is 15.9 Å². The van der Waals surface area contributed by atoms with Gasteiger partial charge in [-0.15, -0.1) is 0 Å². The molecule has 0 unspecified atom stereocenters. The number of ketones is 1. The average molecular weight is 316 g/mol. The number of carbonyl (C=O) groups excluding carboxylic acids is 1. The number of nitrogens with zero attached hydrogens (tertiary/aromatic N) is 1. The highest BCUT2D eigenvalue weighted by atomic mass is 79.9. The lowest BCUT2D eigenvalue weighted by Crippen LogP contribution is -2.21. The molecular formula is C16H14BrNO. The molecule has 0 fully saturated rings. The SMILES string of the molecule is Cc1ccnc2c1C(=O)C[C@@H](c1ccccc1Br)C2. The highest BCUT2D eigenvalue weighted by Gasteiger charge is 2.29. The van der Waals surface area contributed by atoms with Gasteiger partial charge in [0.05, 0.1) is 5.69 Å². The predicted octanol–water partition coefficient (Wildman–Crippen LogP) is 4.07. The molecule has 1 aromatic heterocycles. The van der Waals surface area contributed by atoms with Crippen LogP contribution in [-0.4, -0.2) is 10.8 Å². The number of hydrogen-bond donors (Lipinski definition) is 0. The second-order valence-corrected chi connectivity index (χ2v) is 5.85. The van der Waals surface area contributed by atoms with Crippen LogP contribution in [-0.2, 0) is 6.42 Å². The fraction of sp³-hybridized carbons (Fsp3) is 0.250. The number of hydrogen-bond acceptors (Lipinski definition) is 2. The van der Waals surface area contributed by atoms with Crippen molar-refractivity contribution in [2.45, 2.75) is 25.7 Å². The van der Waals surface area contributed by atoms with E-state index in [1.54, 1.807) is 6.20 Å². The Bertz CT molecular complexity index is 651. The van der Waals surface area contributed by atoms with Gasteiger partial charge in [-0.1, -0.05) is 34.1 Å². The van der Waals surface area contributed by atoms with Crippen molar-refractivity contribution in [3.8, 4) is 0 Å². The summed E-state index contributed by atoms with van der Waals surface area (Å²) in [6.45, 7) is 1.98. The molecule has 1 aromatic carbocycles. The maximum atomic E-state index is 12.3. The minimum atomic E-state index is 0.215. The monoisotopic (exact) mass is 315 g/mol. The van der Waals surface area contributed by atoms with Gasteiger partial charge in [-0.25, -0.2) is 0 Å². The minimum Gasteiger partial charge on any atom is -0.294 e. The maximum Gasteiger partial charge on any atom is 0.165 e. The zero-order valence-corrected chi connectivity index (χ0v) is 12.3. The Balaban J connectivity index is 2.03. The third-order valence-electron chi connectivity index (χ3n) is 3.73. The molecule has 0 amide bonds. The van der Waals surface area contributed by atoms with Gasteiger partial charge in [-0.2, -0.15) is 0 Å². The summed E-state index contributed by atoms with van der Waals surface area (Å²) in [7, 11) is 0. The largest absolute Gasteiger partial charge is 0.294 e. The second-order valence-electron chi connectivity index (χ2n) is 5.00. The maximum absolute atomic E-state index is 12.3. The zero-order valence-electron chi connectivity index (χ0n) is 10.7. The highest BCUT2D eigenvalue weighted by molar-refractivity contribution is 9.10. The van der Waals surface area contributed by atoms with Crippen molar-refractivity contribution in [2.24, 2.45) is 0 Å². The molecule has 0 saturated heterocycles. The molecule has 0 radical (unpaired) electrons. The number of fused-ring (bicyclic) bond motifs is 1. The Hall–Kier alpha value is -1.48. The summed E-state index contributed by atoms with van der Waals surface area (Å²) in [6, 6.07) is 10.0. The number of rotatable bonds is 1. The van der Waals surface area contributed by atoms with Crippen molar-refractivity contribution in [1.29, 1.82) is 0 Å². The van der Waals surface area contributed by atoms with E-state index < -0.39 is 0 Å². The molecule has 0 N–H and O–H groups in total. The van der Waals surface area contributed by atoms with E-state index in [2.05, 4.69) is 27.0 Å². The smallest absolute Gasteiger partial charge is 0.165 e. The van der Waals surface area contributed by atoms with Crippen LogP contribution in [0.2, 0.25) is 0 Å². The van der Waals surface area contributed by atoms with Gasteiger partial charge in [0.2, 0.25) is 0 Å². The van der Waals surface area contributed by atoms with E-state index in [0.717, 1.165) is 27.7 Å². The van der Waals surface area contributed by atoms with Gasteiger partial charge in [-0.05, 0) is 42.5 Å². The molecule has 2 nitrogen and oxygen atoms in total. The van der Waals surface area contributed by atoms with Crippen LogP contribution in [0.3, 0.4) is 0 Å². The quantitative estimate of drug-likeness (QED) is 0.794. The first kappa shape index (κ1) is 12.5. The average Bonchev–Trinajstić information content (AvgIpc) is 2.39. The summed E-state index contributed by atoms with van der Waals surface area (Å²) >= 11 is 3.57. The summed E-state index contributed by atoms with van der Waals surface area (Å²) < 4.78 is 1.07. The van der Waals surface area contributed by atoms with Gasteiger partial charge < -0.3 is 0 Å². The van der Waals surface area contributed by atoms with Crippen LogP contribution in [0.25, 0.3) is 0 Å². The Morgan fingerprint density at radius 3 is 2.79 bits per heavy atom. The molecule has 19 heavy (non-hydrogen) atoms. The summed E-state index contributed by atoms with van der Waals surface area (Å²) in [6.07, 6.45) is 3.21. The van der Waals surface area contributed by atoms with E-state index >= 15 is 0 Å². The molecule has 0 aliphatic heterocycles. The summed E-state index contributed by atoms with van der Waals surface area (Å²) in [5.41, 5.74) is 4.02. The molecule has 96 valence electrons. The Morgan fingerprint density at radius 1 is 1.21 bits per heavy atom. The zero-order chi connectivity index (χ0) is 13.4. The van der Waals surface area contributed by atoms with Crippen molar-refractivity contribution < 1.29 is 4.79 Å². The highest BCUT2D eigenvalue weighted by Crippen LogP contribution is 2.35. The van der Waals surface area contributed by atoms with Crippen molar-refractivity contribution in [3.05, 3.63) is 63.4 Å². The molecule has 2 aromatic rings. The molecular weight excluding hydrogens is 302 g/mol. The van der Waals surface area contributed by atoms with Crippen LogP contribution in [0, 0.1) is 6.92 Å². The van der Waals surface area contributed by atoms with Gasteiger partial charge in [0, 0.05) is 22.7 Å². The third-order valence-corrected chi connectivity index (χ3v) is 4.46. The van der Waals surface area contributed by atoms with E-state index in [0.29, 0.717) is 6.42 Å². The van der Waals surface area contributed by atoms with Crippen LogP contribution in [0.5, 0.6) is 0 Å². The number of benzene rings is 1. The lowest BCUT2D eigenvalue weighted by atomic mass is 9.80. The number of carbonyl (C=O) groups is 1. The molecule has 1 atom stereocenters. The van der Waals surface area contributed by atoms with Crippen LogP contribution < -0.4 is 0 Å². The number of aromatic nitrogens is 1. The van der Waals surface area contributed by atoms with Gasteiger partial charge in [0.15, 0.2) is 5.78 Å². The van der Waals surface area contributed by atoms with Crippen LogP contribution in [0.1, 0.15) is 39.5 Å². The Morgan fingerprint density at radius 2 is 2.00 bits per heavy atom. The van der Waals surface area contributed by atoms with Crippen molar-refractivity contribution >= 4 is 21.7 Å². The number of halogens is 1. The second kappa shape index (κ2) is 4.89. The summed E-state index contributed by atoms with van der Waals surface area (Å²) in [5, 5.41) is 0. The van der Waals surface area contributed by atoms with E-state index in [9.17, 15) is 4.79 Å². The molecule has 1 aliphatic rings. The summed E-state index contributed by atoms with van der Waals surface area (Å²) in [5.74, 6) is 0.442. The Kier molecular flexibility index (Phi) is 3.23. The van der Waals surface area contributed by atoms with Crippen molar-refractivity contribution in [3.63, 3.8) is 0 Å². The van der Waals surface area contributed by atoms with Gasteiger partial charge >= 0.3 is 0 Å². The van der Waals surface area contributed by atoms with E-state index in [1.807, 2.05) is 31.2 Å². The van der Waals surface area contributed by atoms with Crippen LogP contribution in [0.15, 0.2) is 41.0 Å². The van der Waals surface area contributed by atoms with Crippen LogP contribution in [0.4, 0.5) is 0 Å². The van der Waals surface area contributed by atoms with Crippen molar-refractivity contribution in [1.82, 2.24) is 4.98 Å². The Labute approximate surface area is 121 Å². The minimum absolute atomic E-state index is 0.215. The van der Waals surface area contributed by atoms with E-state index in [4.69, 9.17) is 0 Å². The first-order valence-electron chi connectivity index (χ1n) is 6.39. The van der Waals surface area contributed by atoms with Gasteiger partial charge in [0.25, 0.3) is 0 Å². The first-order valence-corrected chi connectivity index (χ1v) is 7.18. The number of aryl methyl sites for hydroxylation is 1. The fourth-order valence-electron chi connectivity index (χ4n) is 2.81. The topological polar surface area (TPSA) is 30.0 Å². The number of Topliss-reactive ketones (excluding diaryl/α,β-unsaturated/α-hetero) is 1. The van der Waals surface area contributed by atoms with E-state index in [1.165, 1.54) is 5.56 Å². The van der Waals surface area contributed by atoms with E-state index in [-0.39, 0.29) is 11.7 Å². The normalized spacial score (nSPS) is 18.2. The molecule has 3 heteroatoms.